The summed E-state index contributed by atoms with van der Waals surface area (Å²) in [5.41, 5.74) is 0.179. The SMILES string of the molecule is CC(C)(C)OC(=O)NCC[C@H]1NS(=O)(=O)OCC1NC(=O)OCc1ccccc1. The van der Waals surface area contributed by atoms with E-state index in [0.29, 0.717) is 0 Å². The van der Waals surface area contributed by atoms with E-state index in [0.717, 1.165) is 5.56 Å². The lowest BCUT2D eigenvalue weighted by Crippen LogP contribution is -2.59. The Morgan fingerprint density at radius 3 is 2.55 bits per heavy atom. The Kier molecular flexibility index (Phi) is 7.82. The van der Waals surface area contributed by atoms with Crippen molar-refractivity contribution in [3.63, 3.8) is 0 Å². The van der Waals surface area contributed by atoms with Crippen molar-refractivity contribution < 1.29 is 31.7 Å². The van der Waals surface area contributed by atoms with Crippen molar-refractivity contribution in [2.24, 2.45) is 0 Å². The Morgan fingerprint density at radius 2 is 1.90 bits per heavy atom. The van der Waals surface area contributed by atoms with Gasteiger partial charge in [-0.25, -0.2) is 9.59 Å². The fourth-order valence-electron chi connectivity index (χ4n) is 2.54. The molecular weight excluding hydrogens is 402 g/mol. The average molecular weight is 429 g/mol. The second kappa shape index (κ2) is 9.90. The molecule has 1 aliphatic heterocycles. The molecule has 0 radical (unpaired) electrons. The quantitative estimate of drug-likeness (QED) is 0.623. The number of carbonyl (C=O) groups excluding carboxylic acids is 2. The van der Waals surface area contributed by atoms with E-state index in [-0.39, 0.29) is 26.2 Å². The highest BCUT2D eigenvalue weighted by Crippen LogP contribution is 2.12. The summed E-state index contributed by atoms with van der Waals surface area (Å²) in [5, 5.41) is 5.15. The van der Waals surface area contributed by atoms with E-state index >= 15 is 0 Å². The van der Waals surface area contributed by atoms with Crippen LogP contribution < -0.4 is 15.4 Å². The third-order valence-corrected chi connectivity index (χ3v) is 4.86. The van der Waals surface area contributed by atoms with E-state index in [1.54, 1.807) is 20.8 Å². The molecule has 1 fully saturated rings. The van der Waals surface area contributed by atoms with Gasteiger partial charge in [-0.15, -0.1) is 0 Å². The van der Waals surface area contributed by atoms with Gasteiger partial charge < -0.3 is 20.1 Å². The maximum atomic E-state index is 12.1. The summed E-state index contributed by atoms with van der Waals surface area (Å²) in [6.07, 6.45) is -1.10. The highest BCUT2D eigenvalue weighted by molar-refractivity contribution is 7.84. The van der Waals surface area contributed by atoms with Gasteiger partial charge in [0.1, 0.15) is 12.2 Å². The van der Waals surface area contributed by atoms with Crippen molar-refractivity contribution in [3.8, 4) is 0 Å². The number of hydrogen-bond acceptors (Lipinski definition) is 7. The zero-order chi connectivity index (χ0) is 21.5. The Bertz CT molecular complexity index is 793. The second-order valence-corrected chi connectivity index (χ2v) is 8.87. The van der Waals surface area contributed by atoms with E-state index in [4.69, 9.17) is 13.7 Å². The van der Waals surface area contributed by atoms with Gasteiger partial charge in [0.25, 0.3) is 0 Å². The van der Waals surface area contributed by atoms with Gasteiger partial charge in [0.05, 0.1) is 12.6 Å². The number of amides is 2. The van der Waals surface area contributed by atoms with Crippen molar-refractivity contribution in [2.75, 3.05) is 13.2 Å². The predicted octanol–water partition coefficient (Wildman–Crippen LogP) is 1.43. The standard InChI is InChI=1S/C18H27N3O7S/c1-18(2,3)28-16(22)19-10-9-14-15(12-27-29(24,25)21-14)20-17(23)26-11-13-7-5-4-6-8-13/h4-8,14-15,21H,9-12H2,1-3H3,(H,19,22)(H,20,23)/t14-,15?/m1/s1. The number of carbonyl (C=O) groups is 2. The van der Waals surface area contributed by atoms with Gasteiger partial charge in [-0.1, -0.05) is 30.3 Å². The van der Waals surface area contributed by atoms with Crippen LogP contribution in [0.25, 0.3) is 0 Å². The molecule has 29 heavy (non-hydrogen) atoms. The van der Waals surface area contributed by atoms with Gasteiger partial charge in [-0.05, 0) is 32.8 Å². The Hall–Kier alpha value is -2.37. The fourth-order valence-corrected chi connectivity index (χ4v) is 3.59. The average Bonchev–Trinajstić information content (AvgIpc) is 2.61. The minimum Gasteiger partial charge on any atom is -0.445 e. The first-order valence-corrected chi connectivity index (χ1v) is 10.6. The minimum absolute atomic E-state index is 0.0802. The monoisotopic (exact) mass is 429 g/mol. The first-order chi connectivity index (χ1) is 13.5. The zero-order valence-corrected chi connectivity index (χ0v) is 17.5. The van der Waals surface area contributed by atoms with Crippen LogP contribution in [0.4, 0.5) is 9.59 Å². The van der Waals surface area contributed by atoms with E-state index < -0.39 is 40.2 Å². The molecule has 0 aliphatic carbocycles. The third-order valence-electron chi connectivity index (χ3n) is 3.82. The fraction of sp³-hybridized carbons (Fsp3) is 0.556. The molecule has 11 heteroatoms. The summed E-state index contributed by atoms with van der Waals surface area (Å²) >= 11 is 0. The van der Waals surface area contributed by atoms with Gasteiger partial charge in [-0.2, -0.15) is 13.1 Å². The van der Waals surface area contributed by atoms with Crippen LogP contribution in [0.5, 0.6) is 0 Å². The molecular formula is C18H27N3O7S. The molecule has 2 amide bonds. The molecule has 1 heterocycles. The molecule has 2 atom stereocenters. The molecule has 0 aromatic heterocycles. The van der Waals surface area contributed by atoms with Gasteiger partial charge in [0, 0.05) is 12.6 Å². The molecule has 162 valence electrons. The maximum absolute atomic E-state index is 12.1. The lowest BCUT2D eigenvalue weighted by atomic mass is 10.1. The number of alkyl carbamates (subject to hydrolysis) is 2. The van der Waals surface area contributed by atoms with E-state index in [1.165, 1.54) is 0 Å². The smallest absolute Gasteiger partial charge is 0.407 e. The van der Waals surface area contributed by atoms with E-state index in [1.807, 2.05) is 30.3 Å². The molecule has 10 nitrogen and oxygen atoms in total. The molecule has 0 spiro atoms. The van der Waals surface area contributed by atoms with Gasteiger partial charge in [0.2, 0.25) is 0 Å². The van der Waals surface area contributed by atoms with Crippen LogP contribution >= 0.6 is 0 Å². The largest absolute Gasteiger partial charge is 0.445 e. The second-order valence-electron chi connectivity index (χ2n) is 7.49. The first kappa shape index (κ1) is 22.9. The minimum atomic E-state index is -3.92. The topological polar surface area (TPSA) is 132 Å². The number of benzene rings is 1. The summed E-state index contributed by atoms with van der Waals surface area (Å²) in [7, 11) is -3.92. The molecule has 1 aromatic rings. The van der Waals surface area contributed by atoms with Crippen LogP contribution in [0.3, 0.4) is 0 Å². The van der Waals surface area contributed by atoms with Gasteiger partial charge in [0.15, 0.2) is 0 Å². The summed E-state index contributed by atoms with van der Waals surface area (Å²) < 4.78 is 40.8. The summed E-state index contributed by atoms with van der Waals surface area (Å²) in [6, 6.07) is 7.79. The molecule has 1 unspecified atom stereocenters. The Balaban J connectivity index is 1.85. The van der Waals surface area contributed by atoms with E-state index in [2.05, 4.69) is 15.4 Å². The summed E-state index contributed by atoms with van der Waals surface area (Å²) in [6.45, 7) is 5.18. The highest BCUT2D eigenvalue weighted by Gasteiger charge is 2.34. The lowest BCUT2D eigenvalue weighted by Gasteiger charge is -2.32. The molecule has 0 bridgehead atoms. The van der Waals surface area contributed by atoms with Gasteiger partial charge in [-0.3, -0.25) is 4.18 Å². The number of rotatable bonds is 6. The van der Waals surface area contributed by atoms with Crippen molar-refractivity contribution in [2.45, 2.75) is 51.5 Å². The van der Waals surface area contributed by atoms with Crippen LogP contribution in [0, 0.1) is 0 Å². The van der Waals surface area contributed by atoms with Crippen LogP contribution in [-0.2, 0) is 30.6 Å². The number of ether oxygens (including phenoxy) is 2. The van der Waals surface area contributed by atoms with Gasteiger partial charge >= 0.3 is 22.5 Å². The Labute approximate surface area is 170 Å². The summed E-state index contributed by atoms with van der Waals surface area (Å²) in [4.78, 5) is 23.8. The number of hydrogen-bond donors (Lipinski definition) is 3. The number of nitrogens with one attached hydrogen (secondary N) is 3. The molecule has 1 aliphatic rings. The lowest BCUT2D eigenvalue weighted by molar-refractivity contribution is 0.0524. The van der Waals surface area contributed by atoms with Crippen molar-refractivity contribution >= 4 is 22.5 Å². The van der Waals surface area contributed by atoms with Crippen LogP contribution in [0.2, 0.25) is 0 Å². The van der Waals surface area contributed by atoms with Crippen molar-refractivity contribution in [1.29, 1.82) is 0 Å². The predicted molar refractivity (Wildman–Crippen MR) is 104 cm³/mol. The zero-order valence-electron chi connectivity index (χ0n) is 16.6. The van der Waals surface area contributed by atoms with Crippen LogP contribution in [0.1, 0.15) is 32.8 Å². The molecule has 2 rings (SSSR count). The van der Waals surface area contributed by atoms with Crippen LogP contribution in [0.15, 0.2) is 30.3 Å². The molecule has 1 aromatic carbocycles. The third kappa shape index (κ3) is 8.67. The van der Waals surface area contributed by atoms with Crippen LogP contribution in [-0.4, -0.2) is 51.4 Å². The summed E-state index contributed by atoms with van der Waals surface area (Å²) in [5.74, 6) is 0. The molecule has 1 saturated heterocycles. The first-order valence-electron chi connectivity index (χ1n) is 9.15. The maximum Gasteiger partial charge on any atom is 0.407 e. The normalized spacial score (nSPS) is 21.1. The van der Waals surface area contributed by atoms with E-state index in [9.17, 15) is 18.0 Å². The molecule has 0 saturated carbocycles. The molecule has 3 N–H and O–H groups in total. The Morgan fingerprint density at radius 1 is 1.21 bits per heavy atom. The highest BCUT2D eigenvalue weighted by atomic mass is 32.2. The van der Waals surface area contributed by atoms with Crippen molar-refractivity contribution in [3.05, 3.63) is 35.9 Å². The van der Waals surface area contributed by atoms with Crippen molar-refractivity contribution in [1.82, 2.24) is 15.4 Å².